The molecule has 2 atom stereocenters. The van der Waals surface area contributed by atoms with Crippen molar-refractivity contribution in [2.45, 2.75) is 58.8 Å². The summed E-state index contributed by atoms with van der Waals surface area (Å²) in [6.45, 7) is 6.16. The van der Waals surface area contributed by atoms with Gasteiger partial charge in [0.25, 0.3) is 0 Å². The van der Waals surface area contributed by atoms with Crippen molar-refractivity contribution in [1.29, 1.82) is 0 Å². The summed E-state index contributed by atoms with van der Waals surface area (Å²) in [4.78, 5) is 19.4. The molecule has 0 radical (unpaired) electrons. The number of ether oxygens (including phenoxy) is 1. The zero-order valence-corrected chi connectivity index (χ0v) is 20.2. The van der Waals surface area contributed by atoms with Crippen molar-refractivity contribution in [3.63, 3.8) is 0 Å². The van der Waals surface area contributed by atoms with Crippen LogP contribution in [0.15, 0.2) is 46.2 Å². The van der Waals surface area contributed by atoms with E-state index in [1.165, 1.54) is 10.4 Å². The van der Waals surface area contributed by atoms with Crippen LogP contribution in [-0.2, 0) is 17.9 Å². The predicted molar refractivity (Wildman–Crippen MR) is 130 cm³/mol. The number of carbonyl (C=O) groups is 1. The SMILES string of the molecule is Cc1ccc(-c2nc(C[OH+]C3CCCC(CN(CC(=O)O)Cc4cccs4)C3)c(C)o2)cc1. The molecule has 2 unspecified atom stereocenters. The van der Waals surface area contributed by atoms with Crippen LogP contribution in [0.3, 0.4) is 0 Å². The van der Waals surface area contributed by atoms with Gasteiger partial charge in [-0.2, -0.15) is 0 Å². The smallest absolute Gasteiger partial charge is 0.317 e. The van der Waals surface area contributed by atoms with Crippen LogP contribution in [-0.4, -0.2) is 44.9 Å². The molecule has 1 aliphatic rings. The fourth-order valence-electron chi connectivity index (χ4n) is 4.57. The summed E-state index contributed by atoms with van der Waals surface area (Å²) >= 11 is 1.68. The van der Waals surface area contributed by atoms with Gasteiger partial charge in [0.2, 0.25) is 5.89 Å². The fraction of sp³-hybridized carbons (Fsp3) is 0.462. The number of carboxylic acids is 1. The fourth-order valence-corrected chi connectivity index (χ4v) is 5.31. The average Bonchev–Trinajstić information content (AvgIpc) is 3.42. The largest absolute Gasteiger partial charge is 0.480 e. The lowest BCUT2D eigenvalue weighted by molar-refractivity contribution is -0.143. The Morgan fingerprint density at radius 2 is 2.06 bits per heavy atom. The average molecular weight is 470 g/mol. The number of thiophene rings is 1. The summed E-state index contributed by atoms with van der Waals surface area (Å²) in [6, 6.07) is 12.3. The number of benzene rings is 1. The summed E-state index contributed by atoms with van der Waals surface area (Å²) in [6.07, 6.45) is 4.64. The monoisotopic (exact) mass is 469 g/mol. The van der Waals surface area contributed by atoms with Crippen LogP contribution in [0, 0.1) is 19.8 Å². The minimum absolute atomic E-state index is 0.0795. The Balaban J connectivity index is 1.32. The standard InChI is InChI=1S/C26H32N2O4S/c1-18-8-10-21(11-9-18)26-27-24(19(2)32-26)17-31-22-6-3-5-20(13-22)14-28(16-25(29)30)15-23-7-4-12-33-23/h4,7-12,20,22H,3,5-6,13-17H2,1-2H3,(H,29,30)/p+1. The number of aliphatic carboxylic acids is 1. The summed E-state index contributed by atoms with van der Waals surface area (Å²) in [7, 11) is 0. The molecular weight excluding hydrogens is 436 g/mol. The number of aryl methyl sites for hydroxylation is 2. The van der Waals surface area contributed by atoms with Crippen LogP contribution in [0.5, 0.6) is 0 Å². The molecule has 1 aromatic carbocycles. The van der Waals surface area contributed by atoms with Crippen molar-refractivity contribution in [2.75, 3.05) is 13.1 Å². The van der Waals surface area contributed by atoms with E-state index in [2.05, 4.69) is 30.0 Å². The first-order chi connectivity index (χ1) is 16.0. The molecule has 0 amide bonds. The number of hydrogen-bond acceptors (Lipinski definition) is 5. The highest BCUT2D eigenvalue weighted by Crippen LogP contribution is 2.28. The molecule has 1 fully saturated rings. The number of carboxylic acid groups (broad SMARTS) is 1. The lowest BCUT2D eigenvalue weighted by Gasteiger charge is -2.30. The van der Waals surface area contributed by atoms with E-state index in [0.29, 0.717) is 25.0 Å². The van der Waals surface area contributed by atoms with Crippen molar-refractivity contribution in [3.8, 4) is 11.5 Å². The molecule has 7 heteroatoms. The van der Waals surface area contributed by atoms with Gasteiger partial charge in [-0.05, 0) is 56.2 Å². The number of aliphatic hydroxyl groups is 2. The van der Waals surface area contributed by atoms with Crippen LogP contribution in [0.2, 0.25) is 0 Å². The third kappa shape index (κ3) is 6.76. The molecule has 2 N–H and O–H groups in total. The summed E-state index contributed by atoms with van der Waals surface area (Å²) in [5.41, 5.74) is 3.09. The molecule has 6 nitrogen and oxygen atoms in total. The quantitative estimate of drug-likeness (QED) is 0.413. The third-order valence-electron chi connectivity index (χ3n) is 6.28. The molecule has 33 heavy (non-hydrogen) atoms. The second kappa shape index (κ2) is 11.1. The van der Waals surface area contributed by atoms with E-state index in [1.54, 1.807) is 11.3 Å². The maximum atomic E-state index is 11.4. The molecular formula is C26H33N2O4S+. The Morgan fingerprint density at radius 3 is 2.79 bits per heavy atom. The lowest BCUT2D eigenvalue weighted by Crippen LogP contribution is -2.37. The van der Waals surface area contributed by atoms with Gasteiger partial charge in [0.05, 0.1) is 6.54 Å². The molecule has 2 aromatic heterocycles. The highest BCUT2D eigenvalue weighted by atomic mass is 32.1. The summed E-state index contributed by atoms with van der Waals surface area (Å²) < 4.78 is 10.9. The van der Waals surface area contributed by atoms with E-state index in [0.717, 1.165) is 49.2 Å². The Labute approximate surface area is 199 Å². The van der Waals surface area contributed by atoms with Crippen LogP contribution in [0.1, 0.15) is 47.6 Å². The second-order valence-corrected chi connectivity index (χ2v) is 10.1. The molecule has 0 spiro atoms. The zero-order valence-electron chi connectivity index (χ0n) is 19.4. The highest BCUT2D eigenvalue weighted by molar-refractivity contribution is 7.09. The number of rotatable bonds is 10. The molecule has 0 bridgehead atoms. The number of nitrogens with zero attached hydrogens (tertiary/aromatic N) is 2. The normalized spacial score (nSPS) is 18.6. The van der Waals surface area contributed by atoms with Gasteiger partial charge in [-0.3, -0.25) is 9.69 Å². The van der Waals surface area contributed by atoms with Crippen molar-refractivity contribution in [2.24, 2.45) is 5.92 Å². The molecule has 1 aliphatic carbocycles. The first-order valence-corrected chi connectivity index (χ1v) is 12.5. The van der Waals surface area contributed by atoms with E-state index in [4.69, 9.17) is 14.1 Å². The van der Waals surface area contributed by atoms with Gasteiger partial charge in [-0.15, -0.1) is 11.3 Å². The first-order valence-electron chi connectivity index (χ1n) is 11.6. The van der Waals surface area contributed by atoms with Gasteiger partial charge < -0.3 is 14.3 Å². The minimum Gasteiger partial charge on any atom is -0.480 e. The third-order valence-corrected chi connectivity index (χ3v) is 7.14. The van der Waals surface area contributed by atoms with Gasteiger partial charge in [0.1, 0.15) is 5.76 Å². The second-order valence-electron chi connectivity index (χ2n) is 9.06. The highest BCUT2D eigenvalue weighted by Gasteiger charge is 2.28. The van der Waals surface area contributed by atoms with E-state index in [-0.39, 0.29) is 12.6 Å². The predicted octanol–water partition coefficient (Wildman–Crippen LogP) is 5.19. The Morgan fingerprint density at radius 1 is 1.24 bits per heavy atom. The molecule has 1 saturated carbocycles. The van der Waals surface area contributed by atoms with Gasteiger partial charge in [0.15, 0.2) is 18.4 Å². The van der Waals surface area contributed by atoms with Crippen LogP contribution in [0.25, 0.3) is 11.5 Å². The summed E-state index contributed by atoms with van der Waals surface area (Å²) in [5, 5.41) is 11.4. The first kappa shape index (κ1) is 23.7. The van der Waals surface area contributed by atoms with Crippen molar-refractivity contribution in [3.05, 3.63) is 63.7 Å². The Bertz CT molecular complexity index is 1030. The van der Waals surface area contributed by atoms with Gasteiger partial charge in [0, 0.05) is 36.4 Å². The van der Waals surface area contributed by atoms with Crippen LogP contribution < -0.4 is 0 Å². The number of oxazole rings is 1. The van der Waals surface area contributed by atoms with Crippen LogP contribution >= 0.6 is 11.3 Å². The zero-order chi connectivity index (χ0) is 23.2. The number of hydrogen-bond donors (Lipinski definition) is 1. The van der Waals surface area contributed by atoms with Crippen molar-refractivity contribution in [1.82, 2.24) is 9.88 Å². The summed E-state index contributed by atoms with van der Waals surface area (Å²) in [5.74, 6) is 1.17. The lowest BCUT2D eigenvalue weighted by atomic mass is 9.86. The van der Waals surface area contributed by atoms with E-state index >= 15 is 0 Å². The number of aromatic nitrogens is 1. The van der Waals surface area contributed by atoms with E-state index in [9.17, 15) is 9.90 Å². The maximum Gasteiger partial charge on any atom is 0.317 e. The molecule has 0 saturated heterocycles. The molecule has 0 aliphatic heterocycles. The Hall–Kier alpha value is -2.48. The molecule has 176 valence electrons. The van der Waals surface area contributed by atoms with Gasteiger partial charge in [-0.1, -0.05) is 23.8 Å². The van der Waals surface area contributed by atoms with Crippen molar-refractivity contribution >= 4 is 17.3 Å². The van der Waals surface area contributed by atoms with Crippen molar-refractivity contribution < 1.29 is 19.1 Å². The molecule has 4 rings (SSSR count). The maximum absolute atomic E-state index is 11.4. The molecule has 3 aromatic rings. The van der Waals surface area contributed by atoms with Gasteiger partial charge >= 0.3 is 5.97 Å². The minimum atomic E-state index is -0.769. The van der Waals surface area contributed by atoms with Gasteiger partial charge in [-0.25, -0.2) is 4.98 Å². The Kier molecular flexibility index (Phi) is 7.96. The topological polar surface area (TPSA) is 79.4 Å². The van der Waals surface area contributed by atoms with E-state index < -0.39 is 5.97 Å². The molecule has 2 heterocycles. The van der Waals surface area contributed by atoms with Crippen LogP contribution in [0.4, 0.5) is 0 Å². The van der Waals surface area contributed by atoms with E-state index in [1.807, 2.05) is 30.5 Å².